The average Bonchev–Trinajstić information content (AvgIpc) is 3.38. The van der Waals surface area contributed by atoms with Crippen LogP contribution in [0.4, 0.5) is 5.82 Å². The van der Waals surface area contributed by atoms with Gasteiger partial charge in [-0.15, -0.1) is 11.3 Å². The number of anilines is 1. The van der Waals surface area contributed by atoms with E-state index in [1.807, 2.05) is 16.9 Å². The molecule has 0 atom stereocenters. The fourth-order valence-electron chi connectivity index (χ4n) is 3.67. The number of hydrogen-bond acceptors (Lipinski definition) is 4. The maximum atomic E-state index is 12.5. The lowest BCUT2D eigenvalue weighted by Gasteiger charge is -2.11. The van der Waals surface area contributed by atoms with Gasteiger partial charge >= 0.3 is 0 Å². The van der Waals surface area contributed by atoms with Gasteiger partial charge in [-0.3, -0.25) is 9.36 Å². The molecular formula is C21H24N4OS. The molecule has 1 fully saturated rings. The fourth-order valence-corrected chi connectivity index (χ4v) is 4.56. The summed E-state index contributed by atoms with van der Waals surface area (Å²) < 4.78 is 1.93. The van der Waals surface area contributed by atoms with Crippen LogP contribution in [-0.2, 0) is 4.79 Å². The van der Waals surface area contributed by atoms with Crippen LogP contribution in [0, 0.1) is 19.8 Å². The van der Waals surface area contributed by atoms with E-state index in [0.717, 1.165) is 35.1 Å². The van der Waals surface area contributed by atoms with Crippen molar-refractivity contribution in [3.05, 3.63) is 47.2 Å². The Balaban J connectivity index is 1.54. The molecule has 2 aromatic heterocycles. The standard InChI is InChI=1S/C21H24N4OS/c1-14-7-9-17(10-8-14)18-13-27-21(23-18)25-15(2)22-12-19(25)24-20(26)11-16-5-3-4-6-16/h7-10,12-13,16H,3-6,11H2,1-2H3,(H,24,26). The molecule has 6 heteroatoms. The number of imidazole rings is 1. The molecule has 1 saturated carbocycles. The van der Waals surface area contributed by atoms with E-state index in [-0.39, 0.29) is 5.91 Å². The molecule has 27 heavy (non-hydrogen) atoms. The number of rotatable bonds is 5. The highest BCUT2D eigenvalue weighted by Gasteiger charge is 2.20. The number of hydrogen-bond donors (Lipinski definition) is 1. The molecule has 3 aromatic rings. The third kappa shape index (κ3) is 3.95. The molecule has 0 aliphatic heterocycles. The number of nitrogens with zero attached hydrogens (tertiary/aromatic N) is 3. The Morgan fingerprint density at radius 3 is 2.70 bits per heavy atom. The Hall–Kier alpha value is -2.47. The molecule has 2 heterocycles. The number of nitrogens with one attached hydrogen (secondary N) is 1. The summed E-state index contributed by atoms with van der Waals surface area (Å²) in [4.78, 5) is 21.6. The summed E-state index contributed by atoms with van der Waals surface area (Å²) in [5.74, 6) is 2.10. The lowest BCUT2D eigenvalue weighted by Crippen LogP contribution is -2.17. The molecule has 1 N–H and O–H groups in total. The molecule has 0 bridgehead atoms. The van der Waals surface area contributed by atoms with Gasteiger partial charge in [0.25, 0.3) is 0 Å². The van der Waals surface area contributed by atoms with E-state index >= 15 is 0 Å². The first-order chi connectivity index (χ1) is 13.1. The third-order valence-corrected chi connectivity index (χ3v) is 6.01. The van der Waals surface area contributed by atoms with Crippen LogP contribution in [0.5, 0.6) is 0 Å². The van der Waals surface area contributed by atoms with E-state index in [1.54, 1.807) is 17.5 Å². The van der Waals surface area contributed by atoms with Gasteiger partial charge in [0.05, 0.1) is 11.9 Å². The Morgan fingerprint density at radius 1 is 1.22 bits per heavy atom. The summed E-state index contributed by atoms with van der Waals surface area (Å²) in [7, 11) is 0. The smallest absolute Gasteiger partial charge is 0.225 e. The van der Waals surface area contributed by atoms with Gasteiger partial charge in [0, 0.05) is 17.4 Å². The fraction of sp³-hybridized carbons (Fsp3) is 0.381. The van der Waals surface area contributed by atoms with Crippen LogP contribution in [0.3, 0.4) is 0 Å². The monoisotopic (exact) mass is 380 g/mol. The summed E-state index contributed by atoms with van der Waals surface area (Å²) >= 11 is 1.56. The van der Waals surface area contributed by atoms with Gasteiger partial charge in [-0.2, -0.15) is 0 Å². The summed E-state index contributed by atoms with van der Waals surface area (Å²) in [5.41, 5.74) is 3.26. The number of benzene rings is 1. The van der Waals surface area contributed by atoms with Crippen molar-refractivity contribution in [2.24, 2.45) is 5.92 Å². The van der Waals surface area contributed by atoms with E-state index in [0.29, 0.717) is 18.2 Å². The van der Waals surface area contributed by atoms with E-state index in [2.05, 4.69) is 41.5 Å². The van der Waals surface area contributed by atoms with E-state index in [1.165, 1.54) is 18.4 Å². The Morgan fingerprint density at radius 2 is 1.96 bits per heavy atom. The van der Waals surface area contributed by atoms with Crippen LogP contribution >= 0.6 is 11.3 Å². The average molecular weight is 381 g/mol. The molecule has 5 nitrogen and oxygen atoms in total. The maximum Gasteiger partial charge on any atom is 0.225 e. The van der Waals surface area contributed by atoms with Gasteiger partial charge in [0.2, 0.25) is 5.91 Å². The van der Waals surface area contributed by atoms with Crippen LogP contribution in [0.1, 0.15) is 43.5 Å². The maximum absolute atomic E-state index is 12.5. The highest BCUT2D eigenvalue weighted by atomic mass is 32.1. The van der Waals surface area contributed by atoms with Crippen molar-refractivity contribution in [1.29, 1.82) is 0 Å². The molecule has 1 aliphatic carbocycles. The molecule has 1 aliphatic rings. The highest BCUT2D eigenvalue weighted by Crippen LogP contribution is 2.29. The normalized spacial score (nSPS) is 14.6. The summed E-state index contributed by atoms with van der Waals surface area (Å²) in [6.45, 7) is 4.01. The van der Waals surface area contributed by atoms with Crippen molar-refractivity contribution in [2.75, 3.05) is 5.32 Å². The highest BCUT2D eigenvalue weighted by molar-refractivity contribution is 7.12. The van der Waals surface area contributed by atoms with Gasteiger partial charge in [-0.25, -0.2) is 9.97 Å². The second kappa shape index (κ2) is 7.64. The summed E-state index contributed by atoms with van der Waals surface area (Å²) in [5, 5.41) is 5.90. The van der Waals surface area contributed by atoms with Gasteiger partial charge in [-0.05, 0) is 32.6 Å². The predicted molar refractivity (Wildman–Crippen MR) is 109 cm³/mol. The van der Waals surface area contributed by atoms with Crippen molar-refractivity contribution in [3.63, 3.8) is 0 Å². The van der Waals surface area contributed by atoms with Crippen LogP contribution in [0.2, 0.25) is 0 Å². The minimum Gasteiger partial charge on any atom is -0.310 e. The van der Waals surface area contributed by atoms with E-state index < -0.39 is 0 Å². The third-order valence-electron chi connectivity index (χ3n) is 5.19. The van der Waals surface area contributed by atoms with Gasteiger partial charge in [-0.1, -0.05) is 42.7 Å². The van der Waals surface area contributed by atoms with Crippen LogP contribution in [0.15, 0.2) is 35.8 Å². The molecular weight excluding hydrogens is 356 g/mol. The number of aromatic nitrogens is 3. The molecule has 0 saturated heterocycles. The van der Waals surface area contributed by atoms with Gasteiger partial charge < -0.3 is 5.32 Å². The summed E-state index contributed by atoms with van der Waals surface area (Å²) in [6, 6.07) is 8.34. The van der Waals surface area contributed by atoms with Crippen LogP contribution in [0.25, 0.3) is 16.4 Å². The molecule has 140 valence electrons. The molecule has 4 rings (SSSR count). The second-order valence-electron chi connectivity index (χ2n) is 7.31. The minimum atomic E-state index is 0.0679. The van der Waals surface area contributed by atoms with Crippen LogP contribution < -0.4 is 5.32 Å². The Bertz CT molecular complexity index is 936. The van der Waals surface area contributed by atoms with Crippen molar-refractivity contribution in [2.45, 2.75) is 46.0 Å². The number of carbonyl (C=O) groups excluding carboxylic acids is 1. The lowest BCUT2D eigenvalue weighted by atomic mass is 10.0. The summed E-state index contributed by atoms with van der Waals surface area (Å²) in [6.07, 6.45) is 7.13. The van der Waals surface area contributed by atoms with Crippen molar-refractivity contribution in [3.8, 4) is 16.4 Å². The molecule has 0 radical (unpaired) electrons. The van der Waals surface area contributed by atoms with E-state index in [9.17, 15) is 4.79 Å². The zero-order chi connectivity index (χ0) is 18.8. The van der Waals surface area contributed by atoms with Gasteiger partial charge in [0.15, 0.2) is 5.13 Å². The first kappa shape index (κ1) is 17.9. The Kier molecular flexibility index (Phi) is 5.07. The number of carbonyl (C=O) groups is 1. The number of amides is 1. The quantitative estimate of drug-likeness (QED) is 0.667. The van der Waals surface area contributed by atoms with Gasteiger partial charge in [0.1, 0.15) is 11.6 Å². The molecule has 1 aromatic carbocycles. The van der Waals surface area contributed by atoms with E-state index in [4.69, 9.17) is 4.98 Å². The van der Waals surface area contributed by atoms with Crippen molar-refractivity contribution >= 4 is 23.1 Å². The Labute approximate surface area is 163 Å². The first-order valence-corrected chi connectivity index (χ1v) is 10.4. The topological polar surface area (TPSA) is 59.8 Å². The first-order valence-electron chi connectivity index (χ1n) is 9.47. The second-order valence-corrected chi connectivity index (χ2v) is 8.15. The number of thiazole rings is 1. The van der Waals surface area contributed by atoms with Crippen molar-refractivity contribution in [1.82, 2.24) is 14.5 Å². The molecule has 0 unspecified atom stereocenters. The molecule has 0 spiro atoms. The predicted octanol–water partition coefficient (Wildman–Crippen LogP) is 5.13. The molecule has 1 amide bonds. The van der Waals surface area contributed by atoms with Crippen LogP contribution in [-0.4, -0.2) is 20.4 Å². The van der Waals surface area contributed by atoms with Crippen molar-refractivity contribution < 1.29 is 4.79 Å². The zero-order valence-electron chi connectivity index (χ0n) is 15.7. The minimum absolute atomic E-state index is 0.0679. The largest absolute Gasteiger partial charge is 0.310 e. The SMILES string of the molecule is Cc1ccc(-c2csc(-n3c(NC(=O)CC4CCCC4)cnc3C)n2)cc1. The number of aryl methyl sites for hydroxylation is 2. The lowest BCUT2D eigenvalue weighted by molar-refractivity contribution is -0.117. The zero-order valence-corrected chi connectivity index (χ0v) is 16.6.